The molecule has 2 aromatic carbocycles. The molecule has 0 radical (unpaired) electrons. The molecule has 1 aliphatic carbocycles. The second-order valence-corrected chi connectivity index (χ2v) is 5.56. The van der Waals surface area contributed by atoms with Crippen LogP contribution in [0.25, 0.3) is 0 Å². The first-order valence-electron chi connectivity index (χ1n) is 7.64. The Morgan fingerprint density at radius 1 is 1.00 bits per heavy atom. The molecule has 0 bridgehead atoms. The summed E-state index contributed by atoms with van der Waals surface area (Å²) < 4.78 is 5.69. The molecule has 0 heterocycles. The molecule has 0 aromatic heterocycles. The average Bonchev–Trinajstić information content (AvgIpc) is 2.55. The van der Waals surface area contributed by atoms with Gasteiger partial charge in [0.15, 0.2) is 5.78 Å². The van der Waals surface area contributed by atoms with Crippen molar-refractivity contribution in [2.45, 2.75) is 25.7 Å². The van der Waals surface area contributed by atoms with Crippen LogP contribution >= 0.6 is 0 Å². The standard InChI is InChI=1S/C19H20O2/c20-19-16(13-12-15-7-4-5-11-18(15)19)8-6-14-21-17-9-2-1-3-10-17/h1-5,7,9-11,16H,6,8,12-14H2. The largest absolute Gasteiger partial charge is 0.494 e. The quantitative estimate of drug-likeness (QED) is 0.764. The van der Waals surface area contributed by atoms with E-state index in [4.69, 9.17) is 4.74 Å². The molecule has 0 amide bonds. The van der Waals surface area contributed by atoms with Crippen molar-refractivity contribution in [3.8, 4) is 5.75 Å². The Morgan fingerprint density at radius 3 is 2.62 bits per heavy atom. The van der Waals surface area contributed by atoms with Crippen molar-refractivity contribution < 1.29 is 9.53 Å². The minimum Gasteiger partial charge on any atom is -0.494 e. The first-order valence-corrected chi connectivity index (χ1v) is 7.64. The highest BCUT2D eigenvalue weighted by atomic mass is 16.5. The van der Waals surface area contributed by atoms with E-state index in [1.54, 1.807) is 0 Å². The SMILES string of the molecule is O=C1c2ccccc2CCC1CCCOc1ccccc1. The van der Waals surface area contributed by atoms with Crippen LogP contribution < -0.4 is 4.74 Å². The molecule has 3 rings (SSSR count). The number of ketones is 1. The summed E-state index contributed by atoms with van der Waals surface area (Å²) in [4.78, 5) is 12.4. The Bertz CT molecular complexity index is 604. The van der Waals surface area contributed by atoms with Crippen LogP contribution in [-0.2, 0) is 6.42 Å². The zero-order valence-electron chi connectivity index (χ0n) is 12.1. The molecule has 1 atom stereocenters. The van der Waals surface area contributed by atoms with Crippen molar-refractivity contribution in [2.24, 2.45) is 5.92 Å². The fraction of sp³-hybridized carbons (Fsp3) is 0.316. The minimum absolute atomic E-state index is 0.166. The van der Waals surface area contributed by atoms with Gasteiger partial charge in [-0.1, -0.05) is 42.5 Å². The molecule has 0 saturated heterocycles. The van der Waals surface area contributed by atoms with Crippen LogP contribution in [0.3, 0.4) is 0 Å². The average molecular weight is 280 g/mol. The smallest absolute Gasteiger partial charge is 0.166 e. The summed E-state index contributed by atoms with van der Waals surface area (Å²) in [6.07, 6.45) is 3.83. The Balaban J connectivity index is 1.50. The monoisotopic (exact) mass is 280 g/mol. The number of carbonyl (C=O) groups is 1. The first kappa shape index (κ1) is 13.9. The minimum atomic E-state index is 0.166. The zero-order chi connectivity index (χ0) is 14.5. The summed E-state index contributed by atoms with van der Waals surface area (Å²) in [7, 11) is 0. The van der Waals surface area contributed by atoms with Crippen molar-refractivity contribution in [1.29, 1.82) is 0 Å². The van der Waals surface area contributed by atoms with E-state index in [1.807, 2.05) is 48.5 Å². The molecule has 0 N–H and O–H groups in total. The molecular weight excluding hydrogens is 260 g/mol. The van der Waals surface area contributed by atoms with E-state index in [-0.39, 0.29) is 5.92 Å². The van der Waals surface area contributed by atoms with Crippen molar-refractivity contribution in [2.75, 3.05) is 6.61 Å². The topological polar surface area (TPSA) is 26.3 Å². The summed E-state index contributed by atoms with van der Waals surface area (Å²) in [5.41, 5.74) is 2.14. The lowest BCUT2D eigenvalue weighted by Gasteiger charge is -2.23. The lowest BCUT2D eigenvalue weighted by atomic mass is 9.80. The second-order valence-electron chi connectivity index (χ2n) is 5.56. The lowest BCUT2D eigenvalue weighted by molar-refractivity contribution is 0.0889. The summed E-state index contributed by atoms with van der Waals surface area (Å²) in [5, 5.41) is 0. The molecule has 108 valence electrons. The van der Waals surface area contributed by atoms with E-state index in [0.29, 0.717) is 12.4 Å². The number of para-hydroxylation sites is 1. The van der Waals surface area contributed by atoms with Crippen molar-refractivity contribution in [3.05, 3.63) is 65.7 Å². The highest BCUT2D eigenvalue weighted by molar-refractivity contribution is 6.00. The van der Waals surface area contributed by atoms with Crippen molar-refractivity contribution in [3.63, 3.8) is 0 Å². The van der Waals surface area contributed by atoms with Crippen LogP contribution in [0, 0.1) is 5.92 Å². The van der Waals surface area contributed by atoms with Gasteiger partial charge in [0.05, 0.1) is 6.61 Å². The molecular formula is C19H20O2. The molecule has 2 nitrogen and oxygen atoms in total. The van der Waals surface area contributed by atoms with Gasteiger partial charge < -0.3 is 4.74 Å². The third kappa shape index (κ3) is 3.33. The number of fused-ring (bicyclic) bond motifs is 1. The maximum absolute atomic E-state index is 12.4. The maximum Gasteiger partial charge on any atom is 0.166 e. The molecule has 0 saturated carbocycles. The van der Waals surface area contributed by atoms with Gasteiger partial charge in [-0.15, -0.1) is 0 Å². The number of aryl methyl sites for hydroxylation is 1. The summed E-state index contributed by atoms with van der Waals surface area (Å²) in [5.74, 6) is 1.38. The fourth-order valence-corrected chi connectivity index (χ4v) is 2.97. The zero-order valence-corrected chi connectivity index (χ0v) is 12.1. The normalized spacial score (nSPS) is 17.3. The van der Waals surface area contributed by atoms with Gasteiger partial charge in [0.25, 0.3) is 0 Å². The van der Waals surface area contributed by atoms with Gasteiger partial charge in [0.2, 0.25) is 0 Å². The maximum atomic E-state index is 12.4. The summed E-state index contributed by atoms with van der Waals surface area (Å²) >= 11 is 0. The van der Waals surface area contributed by atoms with Crippen molar-refractivity contribution >= 4 is 5.78 Å². The van der Waals surface area contributed by atoms with E-state index >= 15 is 0 Å². The second kappa shape index (κ2) is 6.57. The van der Waals surface area contributed by atoms with Crippen molar-refractivity contribution in [1.82, 2.24) is 0 Å². The Morgan fingerprint density at radius 2 is 1.76 bits per heavy atom. The lowest BCUT2D eigenvalue weighted by Crippen LogP contribution is -2.23. The van der Waals surface area contributed by atoms with Gasteiger partial charge in [0.1, 0.15) is 5.75 Å². The molecule has 0 spiro atoms. The summed E-state index contributed by atoms with van der Waals surface area (Å²) in [6.45, 7) is 0.676. The number of carbonyl (C=O) groups excluding carboxylic acids is 1. The number of hydrogen-bond acceptors (Lipinski definition) is 2. The van der Waals surface area contributed by atoms with Crippen LogP contribution in [0.4, 0.5) is 0 Å². The van der Waals surface area contributed by atoms with E-state index in [2.05, 4.69) is 6.07 Å². The molecule has 1 unspecified atom stereocenters. The third-order valence-electron chi connectivity index (χ3n) is 4.12. The number of rotatable bonds is 5. The number of Topliss-reactive ketones (excluding diaryl/α,β-unsaturated/α-hetero) is 1. The predicted molar refractivity (Wildman–Crippen MR) is 83.8 cm³/mol. The van der Waals surface area contributed by atoms with Crippen LogP contribution in [0.2, 0.25) is 0 Å². The van der Waals surface area contributed by atoms with Gasteiger partial charge >= 0.3 is 0 Å². The highest BCUT2D eigenvalue weighted by Crippen LogP contribution is 2.28. The molecule has 1 aliphatic rings. The molecule has 0 fully saturated rings. The summed E-state index contributed by atoms with van der Waals surface area (Å²) in [6, 6.07) is 17.8. The number of ether oxygens (including phenoxy) is 1. The highest BCUT2D eigenvalue weighted by Gasteiger charge is 2.26. The molecule has 2 heteroatoms. The first-order chi connectivity index (χ1) is 10.3. The Labute approximate surface area is 125 Å². The van der Waals surface area contributed by atoms with Gasteiger partial charge in [-0.2, -0.15) is 0 Å². The van der Waals surface area contributed by atoms with Gasteiger partial charge in [-0.3, -0.25) is 4.79 Å². The van der Waals surface area contributed by atoms with Crippen LogP contribution in [0.15, 0.2) is 54.6 Å². The number of benzene rings is 2. The third-order valence-corrected chi connectivity index (χ3v) is 4.12. The van der Waals surface area contributed by atoms with E-state index in [1.165, 1.54) is 5.56 Å². The molecule has 0 aliphatic heterocycles. The predicted octanol–water partition coefficient (Wildman–Crippen LogP) is 4.29. The van der Waals surface area contributed by atoms with E-state index in [0.717, 1.165) is 37.0 Å². The van der Waals surface area contributed by atoms with Gasteiger partial charge in [-0.25, -0.2) is 0 Å². The van der Waals surface area contributed by atoms with Crippen LogP contribution in [0.1, 0.15) is 35.2 Å². The van der Waals surface area contributed by atoms with E-state index in [9.17, 15) is 4.79 Å². The Kier molecular flexibility index (Phi) is 4.34. The number of hydrogen-bond donors (Lipinski definition) is 0. The van der Waals surface area contributed by atoms with E-state index < -0.39 is 0 Å². The molecule has 2 aromatic rings. The molecule has 21 heavy (non-hydrogen) atoms. The van der Waals surface area contributed by atoms with Gasteiger partial charge in [-0.05, 0) is 43.4 Å². The van der Waals surface area contributed by atoms with Crippen LogP contribution in [0.5, 0.6) is 5.75 Å². The fourth-order valence-electron chi connectivity index (χ4n) is 2.97. The van der Waals surface area contributed by atoms with Gasteiger partial charge in [0, 0.05) is 11.5 Å². The Hall–Kier alpha value is -2.09. The van der Waals surface area contributed by atoms with Crippen LogP contribution in [-0.4, -0.2) is 12.4 Å².